The molecule has 2 rings (SSSR count). The number of nitrogen functional groups attached to an aromatic ring is 1. The number of hydrogen-bond acceptors (Lipinski definition) is 3. The largest absolute Gasteiger partial charge is 0.289 e. The highest BCUT2D eigenvalue weighted by Gasteiger charge is 2.20. The lowest BCUT2D eigenvalue weighted by Crippen LogP contribution is -2.31. The SMILES string of the molecule is NNC(=O)c1n[nH]c2c1CCCC2. The Balaban J connectivity index is 2.36. The van der Waals surface area contributed by atoms with Gasteiger partial charge in [0, 0.05) is 11.3 Å². The first-order valence-electron chi connectivity index (χ1n) is 4.40. The molecule has 0 saturated heterocycles. The van der Waals surface area contributed by atoms with Gasteiger partial charge < -0.3 is 0 Å². The first-order valence-corrected chi connectivity index (χ1v) is 4.40. The van der Waals surface area contributed by atoms with E-state index >= 15 is 0 Å². The van der Waals surface area contributed by atoms with E-state index in [2.05, 4.69) is 15.6 Å². The van der Waals surface area contributed by atoms with E-state index in [-0.39, 0.29) is 5.91 Å². The molecule has 13 heavy (non-hydrogen) atoms. The number of nitrogens with zero attached hydrogens (tertiary/aromatic N) is 1. The van der Waals surface area contributed by atoms with Crippen LogP contribution in [0.15, 0.2) is 0 Å². The van der Waals surface area contributed by atoms with Crippen molar-refractivity contribution in [2.24, 2.45) is 5.84 Å². The molecule has 70 valence electrons. The van der Waals surface area contributed by atoms with Crippen LogP contribution in [0.2, 0.25) is 0 Å². The third-order valence-electron chi connectivity index (χ3n) is 2.40. The van der Waals surface area contributed by atoms with Gasteiger partial charge in [-0.15, -0.1) is 0 Å². The van der Waals surface area contributed by atoms with E-state index in [1.165, 1.54) is 6.42 Å². The number of amides is 1. The number of aromatic nitrogens is 2. The van der Waals surface area contributed by atoms with Crippen LogP contribution in [-0.2, 0) is 12.8 Å². The number of fused-ring (bicyclic) bond motifs is 1. The molecule has 1 aromatic heterocycles. The van der Waals surface area contributed by atoms with Crippen LogP contribution in [-0.4, -0.2) is 16.1 Å². The Morgan fingerprint density at radius 2 is 2.23 bits per heavy atom. The number of aryl methyl sites for hydroxylation is 1. The number of nitrogens with one attached hydrogen (secondary N) is 2. The van der Waals surface area contributed by atoms with Crippen molar-refractivity contribution in [2.75, 3.05) is 0 Å². The predicted molar refractivity (Wildman–Crippen MR) is 46.9 cm³/mol. The van der Waals surface area contributed by atoms with Gasteiger partial charge in [-0.2, -0.15) is 5.10 Å². The Labute approximate surface area is 75.7 Å². The third kappa shape index (κ3) is 1.31. The zero-order valence-corrected chi connectivity index (χ0v) is 7.26. The molecule has 0 aliphatic heterocycles. The fourth-order valence-corrected chi connectivity index (χ4v) is 1.74. The van der Waals surface area contributed by atoms with Gasteiger partial charge in [0.15, 0.2) is 5.69 Å². The number of H-pyrrole nitrogens is 1. The Morgan fingerprint density at radius 3 is 3.00 bits per heavy atom. The summed E-state index contributed by atoms with van der Waals surface area (Å²) in [6.45, 7) is 0. The van der Waals surface area contributed by atoms with Crippen molar-refractivity contribution in [1.29, 1.82) is 0 Å². The normalized spacial score (nSPS) is 15.2. The highest BCUT2D eigenvalue weighted by molar-refractivity contribution is 5.93. The van der Waals surface area contributed by atoms with Crippen LogP contribution in [0.1, 0.15) is 34.6 Å². The van der Waals surface area contributed by atoms with Gasteiger partial charge in [-0.25, -0.2) is 5.84 Å². The summed E-state index contributed by atoms with van der Waals surface area (Å²) >= 11 is 0. The van der Waals surface area contributed by atoms with Crippen molar-refractivity contribution in [2.45, 2.75) is 25.7 Å². The fourth-order valence-electron chi connectivity index (χ4n) is 1.74. The molecule has 1 aromatic rings. The highest BCUT2D eigenvalue weighted by atomic mass is 16.2. The molecule has 0 unspecified atom stereocenters. The maximum atomic E-state index is 11.2. The number of aromatic amines is 1. The van der Waals surface area contributed by atoms with Gasteiger partial charge >= 0.3 is 0 Å². The molecule has 5 heteroatoms. The van der Waals surface area contributed by atoms with Crippen LogP contribution in [0.25, 0.3) is 0 Å². The van der Waals surface area contributed by atoms with Gasteiger partial charge in [0.1, 0.15) is 0 Å². The number of carbonyl (C=O) groups is 1. The molecule has 0 atom stereocenters. The molecule has 0 spiro atoms. The van der Waals surface area contributed by atoms with E-state index < -0.39 is 0 Å². The molecular weight excluding hydrogens is 168 g/mol. The molecule has 0 aromatic carbocycles. The van der Waals surface area contributed by atoms with E-state index in [9.17, 15) is 4.79 Å². The Kier molecular flexibility index (Phi) is 2.02. The van der Waals surface area contributed by atoms with Crippen LogP contribution >= 0.6 is 0 Å². The van der Waals surface area contributed by atoms with Gasteiger partial charge in [0.05, 0.1) is 0 Å². The molecule has 1 aliphatic rings. The average molecular weight is 180 g/mol. The van der Waals surface area contributed by atoms with Crippen molar-refractivity contribution in [3.63, 3.8) is 0 Å². The highest BCUT2D eigenvalue weighted by Crippen LogP contribution is 2.21. The monoisotopic (exact) mass is 180 g/mol. The van der Waals surface area contributed by atoms with E-state index in [4.69, 9.17) is 5.84 Å². The van der Waals surface area contributed by atoms with E-state index in [1.807, 2.05) is 0 Å². The summed E-state index contributed by atoms with van der Waals surface area (Å²) in [7, 11) is 0. The second-order valence-electron chi connectivity index (χ2n) is 3.21. The van der Waals surface area contributed by atoms with E-state index in [0.29, 0.717) is 5.69 Å². The third-order valence-corrected chi connectivity index (χ3v) is 2.40. The van der Waals surface area contributed by atoms with Crippen molar-refractivity contribution in [1.82, 2.24) is 15.6 Å². The molecule has 4 N–H and O–H groups in total. The van der Waals surface area contributed by atoms with Gasteiger partial charge in [0.2, 0.25) is 0 Å². The summed E-state index contributed by atoms with van der Waals surface area (Å²) in [5, 5.41) is 6.83. The molecule has 1 heterocycles. The second-order valence-corrected chi connectivity index (χ2v) is 3.21. The van der Waals surface area contributed by atoms with Crippen LogP contribution in [0.3, 0.4) is 0 Å². The Morgan fingerprint density at radius 1 is 1.46 bits per heavy atom. The van der Waals surface area contributed by atoms with Gasteiger partial charge in [-0.05, 0) is 25.7 Å². The zero-order chi connectivity index (χ0) is 9.26. The smallest absolute Gasteiger partial charge is 0.285 e. The minimum Gasteiger partial charge on any atom is -0.289 e. The van der Waals surface area contributed by atoms with Gasteiger partial charge in [0.25, 0.3) is 5.91 Å². The molecule has 1 amide bonds. The predicted octanol–water partition coefficient (Wildman–Crippen LogP) is -0.108. The summed E-state index contributed by atoms with van der Waals surface area (Å²) in [4.78, 5) is 11.2. The second kappa shape index (κ2) is 3.18. The number of rotatable bonds is 1. The van der Waals surface area contributed by atoms with E-state index in [0.717, 1.165) is 30.5 Å². The number of hydrogen-bond donors (Lipinski definition) is 3. The van der Waals surface area contributed by atoms with Crippen molar-refractivity contribution in [3.8, 4) is 0 Å². The maximum absolute atomic E-state index is 11.2. The first-order chi connectivity index (χ1) is 6.33. The Hall–Kier alpha value is -1.36. The molecule has 0 radical (unpaired) electrons. The molecule has 0 saturated carbocycles. The summed E-state index contributed by atoms with van der Waals surface area (Å²) in [6, 6.07) is 0. The molecule has 5 nitrogen and oxygen atoms in total. The summed E-state index contributed by atoms with van der Waals surface area (Å²) in [5.41, 5.74) is 4.68. The number of carbonyl (C=O) groups excluding carboxylic acids is 1. The summed E-state index contributed by atoms with van der Waals surface area (Å²) in [6.07, 6.45) is 4.20. The van der Waals surface area contributed by atoms with Crippen LogP contribution in [0.5, 0.6) is 0 Å². The van der Waals surface area contributed by atoms with Gasteiger partial charge in [-0.3, -0.25) is 15.3 Å². The lowest BCUT2D eigenvalue weighted by molar-refractivity contribution is 0.0947. The summed E-state index contributed by atoms with van der Waals surface area (Å²) in [5.74, 6) is 4.74. The molecule has 0 fully saturated rings. The molecule has 1 aliphatic carbocycles. The minimum absolute atomic E-state index is 0.306. The quantitative estimate of drug-likeness (QED) is 0.320. The van der Waals surface area contributed by atoms with Crippen molar-refractivity contribution < 1.29 is 4.79 Å². The lowest BCUT2D eigenvalue weighted by atomic mass is 9.96. The summed E-state index contributed by atoms with van der Waals surface area (Å²) < 4.78 is 0. The first kappa shape index (κ1) is 8.25. The number of nitrogens with two attached hydrogens (primary N) is 1. The molecule has 0 bridgehead atoms. The van der Waals surface area contributed by atoms with Crippen molar-refractivity contribution >= 4 is 5.91 Å². The number of hydrazine groups is 1. The minimum atomic E-state index is -0.306. The zero-order valence-electron chi connectivity index (χ0n) is 7.26. The van der Waals surface area contributed by atoms with E-state index in [1.54, 1.807) is 0 Å². The fraction of sp³-hybridized carbons (Fsp3) is 0.500. The average Bonchev–Trinajstić information content (AvgIpc) is 2.60. The molecular formula is C8H12N4O. The van der Waals surface area contributed by atoms with Crippen LogP contribution in [0, 0.1) is 0 Å². The van der Waals surface area contributed by atoms with Crippen LogP contribution < -0.4 is 11.3 Å². The maximum Gasteiger partial charge on any atom is 0.285 e. The topological polar surface area (TPSA) is 83.8 Å². The van der Waals surface area contributed by atoms with Crippen molar-refractivity contribution in [3.05, 3.63) is 17.0 Å². The van der Waals surface area contributed by atoms with Crippen LogP contribution in [0.4, 0.5) is 0 Å². The standard InChI is InChI=1S/C8H12N4O/c9-10-8(13)7-5-3-1-2-4-6(5)11-12-7/h1-4,9H2,(H,10,13)(H,11,12). The lowest BCUT2D eigenvalue weighted by Gasteiger charge is -2.10. The Bertz CT molecular complexity index is 331. The van der Waals surface area contributed by atoms with Gasteiger partial charge in [-0.1, -0.05) is 0 Å².